The second-order valence-electron chi connectivity index (χ2n) is 10.3. The summed E-state index contributed by atoms with van der Waals surface area (Å²) in [6, 6.07) is 22.0. The van der Waals surface area contributed by atoms with Crippen LogP contribution in [0.25, 0.3) is 5.76 Å². The topological polar surface area (TPSA) is 60.9 Å². The fraction of sp³-hybridized carbons (Fsp3) is 0.267. The van der Waals surface area contributed by atoms with Crippen LogP contribution >= 0.6 is 0 Å². The summed E-state index contributed by atoms with van der Waals surface area (Å²) in [5.74, 6) is -1.48. The van der Waals surface area contributed by atoms with Crippen molar-refractivity contribution in [2.45, 2.75) is 39.2 Å². The Bertz CT molecular complexity index is 1300. The lowest BCUT2D eigenvalue weighted by Crippen LogP contribution is -2.29. The molecule has 180 valence electrons. The van der Waals surface area contributed by atoms with Gasteiger partial charge in [-0.15, -0.1) is 0 Å². The highest BCUT2D eigenvalue weighted by molar-refractivity contribution is 6.51. The van der Waals surface area contributed by atoms with E-state index in [9.17, 15) is 14.7 Å². The first-order valence-corrected chi connectivity index (χ1v) is 11.8. The van der Waals surface area contributed by atoms with Crippen molar-refractivity contribution in [3.63, 3.8) is 0 Å². The molecule has 1 aliphatic rings. The number of aryl methyl sites for hydroxylation is 1. The molecule has 3 aromatic rings. The molecule has 1 aliphatic heterocycles. The molecule has 0 aliphatic carbocycles. The Morgan fingerprint density at radius 1 is 0.914 bits per heavy atom. The number of aliphatic hydroxyl groups excluding tert-OH is 1. The van der Waals surface area contributed by atoms with E-state index < -0.39 is 17.7 Å². The number of Topliss-reactive ketones (excluding diaryl/α,β-unsaturated/α-hetero) is 1. The summed E-state index contributed by atoms with van der Waals surface area (Å²) in [7, 11) is 3.89. The van der Waals surface area contributed by atoms with Crippen molar-refractivity contribution in [2.75, 3.05) is 23.9 Å². The number of benzene rings is 3. The van der Waals surface area contributed by atoms with E-state index in [4.69, 9.17) is 0 Å². The van der Waals surface area contributed by atoms with E-state index in [2.05, 4.69) is 20.8 Å². The smallest absolute Gasteiger partial charge is 0.300 e. The molecule has 5 heteroatoms. The molecule has 0 saturated carbocycles. The van der Waals surface area contributed by atoms with Crippen LogP contribution in [0.2, 0.25) is 0 Å². The van der Waals surface area contributed by atoms with Gasteiger partial charge in [0.05, 0.1) is 11.6 Å². The number of amides is 1. The predicted molar refractivity (Wildman–Crippen MR) is 142 cm³/mol. The summed E-state index contributed by atoms with van der Waals surface area (Å²) in [5.41, 5.74) is 4.75. The van der Waals surface area contributed by atoms with Gasteiger partial charge in [0.2, 0.25) is 0 Å². The molecule has 1 amide bonds. The number of aliphatic hydroxyl groups is 1. The predicted octanol–water partition coefficient (Wildman–Crippen LogP) is 5.98. The van der Waals surface area contributed by atoms with Crippen molar-refractivity contribution < 1.29 is 14.7 Å². The number of hydrogen-bond acceptors (Lipinski definition) is 4. The van der Waals surface area contributed by atoms with E-state index in [-0.39, 0.29) is 16.7 Å². The SMILES string of the molecule is Cc1ccc(C(C)(C)C)cc1/C(O)=C1\C(=O)C(=O)N(c2ccc(N(C)C)cc2)C1c1ccccc1. The zero-order chi connectivity index (χ0) is 25.5. The number of carbonyl (C=O) groups is 2. The summed E-state index contributed by atoms with van der Waals surface area (Å²) in [4.78, 5) is 30.3. The summed E-state index contributed by atoms with van der Waals surface area (Å²) in [6.45, 7) is 8.19. The molecule has 1 saturated heterocycles. The van der Waals surface area contributed by atoms with Gasteiger partial charge in [-0.3, -0.25) is 14.5 Å². The third-order valence-electron chi connectivity index (χ3n) is 6.56. The maximum absolute atomic E-state index is 13.4. The van der Waals surface area contributed by atoms with Gasteiger partial charge >= 0.3 is 0 Å². The second kappa shape index (κ2) is 9.06. The first kappa shape index (κ1) is 24.3. The van der Waals surface area contributed by atoms with Crippen LogP contribution in [0.5, 0.6) is 0 Å². The van der Waals surface area contributed by atoms with Gasteiger partial charge in [0, 0.05) is 31.0 Å². The van der Waals surface area contributed by atoms with Gasteiger partial charge in [-0.1, -0.05) is 63.2 Å². The van der Waals surface area contributed by atoms with E-state index in [1.807, 2.05) is 98.7 Å². The summed E-state index contributed by atoms with van der Waals surface area (Å²) in [6.07, 6.45) is 0. The van der Waals surface area contributed by atoms with Gasteiger partial charge in [0.1, 0.15) is 5.76 Å². The number of carbonyl (C=O) groups excluding carboxylic acids is 2. The van der Waals surface area contributed by atoms with Crippen molar-refractivity contribution in [3.05, 3.63) is 101 Å². The van der Waals surface area contributed by atoms with Crippen molar-refractivity contribution >= 4 is 28.8 Å². The molecule has 5 nitrogen and oxygen atoms in total. The molecule has 1 unspecified atom stereocenters. The second-order valence-corrected chi connectivity index (χ2v) is 10.3. The van der Waals surface area contributed by atoms with Crippen molar-refractivity contribution in [1.82, 2.24) is 0 Å². The first-order valence-electron chi connectivity index (χ1n) is 11.8. The lowest BCUT2D eigenvalue weighted by atomic mass is 9.84. The molecule has 4 rings (SSSR count). The summed E-state index contributed by atoms with van der Waals surface area (Å²) in [5, 5.41) is 11.6. The minimum absolute atomic E-state index is 0.104. The lowest BCUT2D eigenvalue weighted by Gasteiger charge is -2.26. The fourth-order valence-electron chi connectivity index (χ4n) is 4.45. The number of ketones is 1. The Kier molecular flexibility index (Phi) is 6.28. The Morgan fingerprint density at radius 2 is 1.54 bits per heavy atom. The zero-order valence-electron chi connectivity index (χ0n) is 21.2. The highest BCUT2D eigenvalue weighted by atomic mass is 16.3. The number of nitrogens with zero attached hydrogens (tertiary/aromatic N) is 2. The van der Waals surface area contributed by atoms with Crippen LogP contribution in [0.15, 0.2) is 78.4 Å². The van der Waals surface area contributed by atoms with Gasteiger partial charge in [-0.05, 0) is 59.4 Å². The molecule has 1 fully saturated rings. The highest BCUT2D eigenvalue weighted by Crippen LogP contribution is 2.43. The zero-order valence-corrected chi connectivity index (χ0v) is 21.2. The molecule has 3 aromatic carbocycles. The molecule has 1 N–H and O–H groups in total. The highest BCUT2D eigenvalue weighted by Gasteiger charge is 2.47. The van der Waals surface area contributed by atoms with Gasteiger partial charge in [-0.25, -0.2) is 0 Å². The van der Waals surface area contributed by atoms with E-state index in [0.717, 1.165) is 22.4 Å². The van der Waals surface area contributed by atoms with E-state index in [1.54, 1.807) is 0 Å². The quantitative estimate of drug-likeness (QED) is 0.290. The standard InChI is InChI=1S/C30H32N2O3/c1-19-12-13-21(30(2,3)4)18-24(19)27(33)25-26(20-10-8-7-9-11-20)32(29(35)28(25)34)23-16-14-22(15-17-23)31(5)6/h7-18,26,33H,1-6H3/b27-25+. The molecular weight excluding hydrogens is 436 g/mol. The number of rotatable bonds is 4. The largest absolute Gasteiger partial charge is 0.507 e. The van der Waals surface area contributed by atoms with Crippen LogP contribution in [0, 0.1) is 6.92 Å². The summed E-state index contributed by atoms with van der Waals surface area (Å²) < 4.78 is 0. The third-order valence-corrected chi connectivity index (χ3v) is 6.56. The Hall–Kier alpha value is -3.86. The van der Waals surface area contributed by atoms with Gasteiger partial charge < -0.3 is 10.0 Å². The molecule has 0 aromatic heterocycles. The van der Waals surface area contributed by atoms with E-state index in [1.165, 1.54) is 4.90 Å². The normalized spacial score (nSPS) is 17.7. The van der Waals surface area contributed by atoms with Crippen LogP contribution in [0.3, 0.4) is 0 Å². The molecular formula is C30H32N2O3. The van der Waals surface area contributed by atoms with Gasteiger partial charge in [-0.2, -0.15) is 0 Å². The molecule has 0 bridgehead atoms. The van der Waals surface area contributed by atoms with E-state index >= 15 is 0 Å². The van der Waals surface area contributed by atoms with Crippen LogP contribution in [-0.2, 0) is 15.0 Å². The molecule has 0 spiro atoms. The van der Waals surface area contributed by atoms with Crippen molar-refractivity contribution in [3.8, 4) is 0 Å². The monoisotopic (exact) mass is 468 g/mol. The average Bonchev–Trinajstić information content (AvgIpc) is 3.09. The molecule has 0 radical (unpaired) electrons. The maximum Gasteiger partial charge on any atom is 0.300 e. The Balaban J connectivity index is 1.93. The Labute approximate surface area is 207 Å². The van der Waals surface area contributed by atoms with Crippen LogP contribution < -0.4 is 9.80 Å². The molecule has 35 heavy (non-hydrogen) atoms. The van der Waals surface area contributed by atoms with Crippen LogP contribution in [-0.4, -0.2) is 30.9 Å². The number of hydrogen-bond donors (Lipinski definition) is 1. The minimum Gasteiger partial charge on any atom is -0.507 e. The maximum atomic E-state index is 13.4. The lowest BCUT2D eigenvalue weighted by molar-refractivity contribution is -0.132. The first-order chi connectivity index (χ1) is 16.5. The summed E-state index contributed by atoms with van der Waals surface area (Å²) >= 11 is 0. The fourth-order valence-corrected chi connectivity index (χ4v) is 4.45. The minimum atomic E-state index is -0.737. The molecule has 1 atom stereocenters. The number of anilines is 2. The third kappa shape index (κ3) is 4.46. The van der Waals surface area contributed by atoms with Crippen LogP contribution in [0.1, 0.15) is 49.1 Å². The van der Waals surface area contributed by atoms with Crippen LogP contribution in [0.4, 0.5) is 11.4 Å². The van der Waals surface area contributed by atoms with Crippen molar-refractivity contribution in [1.29, 1.82) is 0 Å². The average molecular weight is 469 g/mol. The van der Waals surface area contributed by atoms with Crippen molar-refractivity contribution in [2.24, 2.45) is 0 Å². The van der Waals surface area contributed by atoms with Gasteiger partial charge in [0.15, 0.2) is 0 Å². The van der Waals surface area contributed by atoms with E-state index in [0.29, 0.717) is 11.3 Å². The van der Waals surface area contributed by atoms with Gasteiger partial charge in [0.25, 0.3) is 11.7 Å². The molecule has 1 heterocycles. The Morgan fingerprint density at radius 3 is 2.11 bits per heavy atom.